The standard InChI is InChI=1S/C12H15N5O3S/c1-8-3-4-10(21(13,19)20)5-11(8)16-12(18)9(2)17-7-14-6-15-17/h3-7,9H,1-2H3,(H,16,18)(H2,13,19,20). The van der Waals surface area contributed by atoms with Gasteiger partial charge in [0.1, 0.15) is 18.7 Å². The predicted octanol–water partition coefficient (Wildman–Crippen LogP) is 0.434. The fraction of sp³-hybridized carbons (Fsp3) is 0.250. The molecular formula is C12H15N5O3S. The molecule has 9 heteroatoms. The van der Waals surface area contributed by atoms with Gasteiger partial charge >= 0.3 is 0 Å². The van der Waals surface area contributed by atoms with Gasteiger partial charge in [0.2, 0.25) is 15.9 Å². The number of hydrogen-bond donors (Lipinski definition) is 2. The van der Waals surface area contributed by atoms with Gasteiger partial charge in [-0.25, -0.2) is 23.2 Å². The zero-order chi connectivity index (χ0) is 15.6. The van der Waals surface area contributed by atoms with Crippen LogP contribution >= 0.6 is 0 Å². The Morgan fingerprint density at radius 1 is 1.43 bits per heavy atom. The summed E-state index contributed by atoms with van der Waals surface area (Å²) in [5.74, 6) is -0.338. The van der Waals surface area contributed by atoms with E-state index in [1.165, 1.54) is 29.5 Å². The van der Waals surface area contributed by atoms with E-state index in [9.17, 15) is 13.2 Å². The van der Waals surface area contributed by atoms with Gasteiger partial charge < -0.3 is 5.32 Å². The third-order valence-electron chi connectivity index (χ3n) is 3.01. The Bertz CT molecular complexity index is 755. The summed E-state index contributed by atoms with van der Waals surface area (Å²) in [6.45, 7) is 3.41. The normalized spacial score (nSPS) is 12.9. The zero-order valence-corrected chi connectivity index (χ0v) is 12.3. The molecule has 1 aromatic heterocycles. The average Bonchev–Trinajstić information content (AvgIpc) is 2.92. The number of nitrogens with one attached hydrogen (secondary N) is 1. The van der Waals surface area contributed by atoms with Crippen LogP contribution in [-0.4, -0.2) is 29.1 Å². The highest BCUT2D eigenvalue weighted by Gasteiger charge is 2.17. The number of rotatable bonds is 4. The maximum absolute atomic E-state index is 12.1. The van der Waals surface area contributed by atoms with Crippen molar-refractivity contribution in [1.29, 1.82) is 0 Å². The third kappa shape index (κ3) is 3.44. The quantitative estimate of drug-likeness (QED) is 0.848. The SMILES string of the molecule is Cc1ccc(S(N)(=O)=O)cc1NC(=O)C(C)n1cncn1. The van der Waals surface area contributed by atoms with Gasteiger partial charge in [0.15, 0.2) is 0 Å². The molecule has 0 aliphatic heterocycles. The lowest BCUT2D eigenvalue weighted by Crippen LogP contribution is -2.24. The molecule has 0 bridgehead atoms. The third-order valence-corrected chi connectivity index (χ3v) is 3.92. The summed E-state index contributed by atoms with van der Waals surface area (Å²) in [5.41, 5.74) is 1.11. The van der Waals surface area contributed by atoms with Crippen LogP contribution in [0.2, 0.25) is 0 Å². The minimum Gasteiger partial charge on any atom is -0.324 e. The van der Waals surface area contributed by atoms with E-state index >= 15 is 0 Å². The molecule has 0 aliphatic rings. The number of anilines is 1. The van der Waals surface area contributed by atoms with Crippen LogP contribution in [0.3, 0.4) is 0 Å². The monoisotopic (exact) mass is 309 g/mol. The number of carbonyl (C=O) groups excluding carboxylic acids is 1. The van der Waals surface area contributed by atoms with Crippen molar-refractivity contribution in [2.45, 2.75) is 24.8 Å². The summed E-state index contributed by atoms with van der Waals surface area (Å²) in [6.07, 6.45) is 2.76. The molecule has 21 heavy (non-hydrogen) atoms. The van der Waals surface area contributed by atoms with Crippen molar-refractivity contribution in [3.63, 3.8) is 0 Å². The molecule has 0 aliphatic carbocycles. The van der Waals surface area contributed by atoms with Gasteiger partial charge in [0.25, 0.3) is 0 Å². The molecule has 112 valence electrons. The van der Waals surface area contributed by atoms with E-state index in [1.807, 2.05) is 0 Å². The Morgan fingerprint density at radius 3 is 2.71 bits per heavy atom. The van der Waals surface area contributed by atoms with E-state index in [0.717, 1.165) is 5.56 Å². The second-order valence-electron chi connectivity index (χ2n) is 4.56. The first-order valence-corrected chi connectivity index (χ1v) is 7.62. The number of sulfonamides is 1. The maximum Gasteiger partial charge on any atom is 0.249 e. The fourth-order valence-electron chi connectivity index (χ4n) is 1.69. The van der Waals surface area contributed by atoms with E-state index in [4.69, 9.17) is 5.14 Å². The first-order valence-electron chi connectivity index (χ1n) is 6.07. The number of hydrogen-bond acceptors (Lipinski definition) is 5. The molecule has 1 amide bonds. The minimum atomic E-state index is -3.82. The van der Waals surface area contributed by atoms with E-state index in [-0.39, 0.29) is 10.8 Å². The van der Waals surface area contributed by atoms with Crippen LogP contribution in [-0.2, 0) is 14.8 Å². The van der Waals surface area contributed by atoms with E-state index < -0.39 is 16.1 Å². The number of carbonyl (C=O) groups is 1. The Morgan fingerprint density at radius 2 is 2.14 bits per heavy atom. The van der Waals surface area contributed by atoms with Gasteiger partial charge in [0.05, 0.1) is 4.90 Å². The van der Waals surface area contributed by atoms with Crippen molar-refractivity contribution in [2.75, 3.05) is 5.32 Å². The molecule has 0 spiro atoms. The van der Waals surface area contributed by atoms with Crippen molar-refractivity contribution in [3.8, 4) is 0 Å². The lowest BCUT2D eigenvalue weighted by Gasteiger charge is -2.14. The summed E-state index contributed by atoms with van der Waals surface area (Å²) in [5, 5.41) is 11.6. The average molecular weight is 309 g/mol. The number of nitrogens with zero attached hydrogens (tertiary/aromatic N) is 3. The largest absolute Gasteiger partial charge is 0.324 e. The molecule has 2 aromatic rings. The first-order chi connectivity index (χ1) is 9.79. The predicted molar refractivity (Wildman–Crippen MR) is 75.9 cm³/mol. The Hall–Kier alpha value is -2.26. The molecule has 1 unspecified atom stereocenters. The number of primary sulfonamides is 1. The molecular weight excluding hydrogens is 294 g/mol. The Labute approximate surface area is 122 Å². The number of amides is 1. The minimum absolute atomic E-state index is 0.0585. The maximum atomic E-state index is 12.1. The summed E-state index contributed by atoms with van der Waals surface area (Å²) >= 11 is 0. The summed E-state index contributed by atoms with van der Waals surface area (Å²) in [4.78, 5) is 15.9. The van der Waals surface area contributed by atoms with Gasteiger partial charge in [-0.15, -0.1) is 0 Å². The fourth-order valence-corrected chi connectivity index (χ4v) is 2.23. The number of aryl methyl sites for hydroxylation is 1. The van der Waals surface area contributed by atoms with Crippen LogP contribution in [0.4, 0.5) is 5.69 Å². The Balaban J connectivity index is 2.25. The van der Waals surface area contributed by atoms with E-state index in [0.29, 0.717) is 5.69 Å². The van der Waals surface area contributed by atoms with Gasteiger partial charge in [-0.05, 0) is 31.5 Å². The summed E-state index contributed by atoms with van der Waals surface area (Å²) in [7, 11) is -3.82. The van der Waals surface area contributed by atoms with Crippen molar-refractivity contribution in [3.05, 3.63) is 36.4 Å². The molecule has 1 aromatic carbocycles. The highest BCUT2D eigenvalue weighted by Crippen LogP contribution is 2.20. The highest BCUT2D eigenvalue weighted by molar-refractivity contribution is 7.89. The molecule has 8 nitrogen and oxygen atoms in total. The van der Waals surface area contributed by atoms with Crippen LogP contribution in [0.15, 0.2) is 35.7 Å². The van der Waals surface area contributed by atoms with Crippen molar-refractivity contribution in [2.24, 2.45) is 5.14 Å². The van der Waals surface area contributed by atoms with Crippen LogP contribution in [0, 0.1) is 6.92 Å². The lowest BCUT2D eigenvalue weighted by atomic mass is 10.2. The molecule has 0 fully saturated rings. The topological polar surface area (TPSA) is 120 Å². The lowest BCUT2D eigenvalue weighted by molar-refractivity contribution is -0.119. The van der Waals surface area contributed by atoms with Crippen LogP contribution in [0.25, 0.3) is 0 Å². The molecule has 1 atom stereocenters. The molecule has 2 rings (SSSR count). The summed E-state index contributed by atoms with van der Waals surface area (Å²) < 4.78 is 24.1. The molecule has 0 radical (unpaired) electrons. The number of benzene rings is 1. The van der Waals surface area contributed by atoms with Crippen LogP contribution in [0.5, 0.6) is 0 Å². The zero-order valence-electron chi connectivity index (χ0n) is 11.5. The molecule has 1 heterocycles. The summed E-state index contributed by atoms with van der Waals surface area (Å²) in [6, 6.07) is 3.72. The van der Waals surface area contributed by atoms with Gasteiger partial charge in [-0.3, -0.25) is 4.79 Å². The van der Waals surface area contributed by atoms with Crippen LogP contribution < -0.4 is 10.5 Å². The molecule has 3 N–H and O–H groups in total. The van der Waals surface area contributed by atoms with Gasteiger partial charge in [0, 0.05) is 5.69 Å². The molecule has 0 saturated carbocycles. The highest BCUT2D eigenvalue weighted by atomic mass is 32.2. The smallest absolute Gasteiger partial charge is 0.249 e. The van der Waals surface area contributed by atoms with E-state index in [2.05, 4.69) is 15.4 Å². The molecule has 0 saturated heterocycles. The Kier molecular flexibility index (Phi) is 4.05. The van der Waals surface area contributed by atoms with Crippen molar-refractivity contribution in [1.82, 2.24) is 14.8 Å². The second-order valence-corrected chi connectivity index (χ2v) is 6.12. The first kappa shape index (κ1) is 15.1. The van der Waals surface area contributed by atoms with E-state index in [1.54, 1.807) is 19.9 Å². The number of aromatic nitrogens is 3. The van der Waals surface area contributed by atoms with Crippen molar-refractivity contribution < 1.29 is 13.2 Å². The number of nitrogens with two attached hydrogens (primary N) is 1. The van der Waals surface area contributed by atoms with Crippen LogP contribution in [0.1, 0.15) is 18.5 Å². The van der Waals surface area contributed by atoms with Gasteiger partial charge in [-0.2, -0.15) is 5.10 Å². The second kappa shape index (κ2) is 5.62. The van der Waals surface area contributed by atoms with Gasteiger partial charge in [-0.1, -0.05) is 6.07 Å². The van der Waals surface area contributed by atoms with Crippen molar-refractivity contribution >= 4 is 21.6 Å².